The van der Waals surface area contributed by atoms with E-state index in [0.717, 1.165) is 10.5 Å². The first kappa shape index (κ1) is 21.3. The van der Waals surface area contributed by atoms with E-state index < -0.39 is 36.3 Å². The van der Waals surface area contributed by atoms with Crippen molar-refractivity contribution in [2.75, 3.05) is 18.1 Å². The largest absolute Gasteiger partial charge is 0.462 e. The Hall–Kier alpha value is -3.42. The number of anilines is 1. The van der Waals surface area contributed by atoms with Gasteiger partial charge in [-0.15, -0.1) is 0 Å². The van der Waals surface area contributed by atoms with Crippen LogP contribution in [-0.2, 0) is 9.53 Å². The molecule has 0 aliphatic carbocycles. The average molecular weight is 411 g/mol. The fourth-order valence-electron chi connectivity index (χ4n) is 3.67. The van der Waals surface area contributed by atoms with Crippen molar-refractivity contribution in [2.24, 2.45) is 0 Å². The van der Waals surface area contributed by atoms with Crippen molar-refractivity contribution in [3.05, 3.63) is 52.3 Å². The lowest BCUT2D eigenvalue weighted by Crippen LogP contribution is -2.37. The van der Waals surface area contributed by atoms with Crippen LogP contribution in [0, 0.1) is 20.8 Å². The van der Waals surface area contributed by atoms with Gasteiger partial charge in [-0.05, 0) is 52.3 Å². The molecule has 0 spiro atoms. The lowest BCUT2D eigenvalue weighted by atomic mass is 10.1. The number of H-pyrrole nitrogens is 1. The van der Waals surface area contributed by atoms with Crippen molar-refractivity contribution in [3.8, 4) is 0 Å². The molecule has 1 aliphatic heterocycles. The molecule has 0 bridgehead atoms. The van der Waals surface area contributed by atoms with Crippen LogP contribution < -0.4 is 4.90 Å². The van der Waals surface area contributed by atoms with E-state index in [1.807, 2.05) is 19.1 Å². The van der Waals surface area contributed by atoms with E-state index in [-0.39, 0.29) is 12.3 Å². The van der Waals surface area contributed by atoms with Crippen LogP contribution in [0.25, 0.3) is 0 Å². The van der Waals surface area contributed by atoms with Gasteiger partial charge in [0.1, 0.15) is 6.04 Å². The van der Waals surface area contributed by atoms with Crippen molar-refractivity contribution >= 4 is 29.4 Å². The molecule has 1 aromatic carbocycles. The zero-order chi connectivity index (χ0) is 22.2. The summed E-state index contributed by atoms with van der Waals surface area (Å²) in [5, 5.41) is 0. The number of esters is 1. The van der Waals surface area contributed by atoms with Gasteiger partial charge < -0.3 is 9.72 Å². The van der Waals surface area contributed by atoms with Crippen molar-refractivity contribution in [2.45, 2.75) is 40.7 Å². The van der Waals surface area contributed by atoms with Crippen LogP contribution in [0.5, 0.6) is 0 Å². The second kappa shape index (κ2) is 8.14. The number of nitrogens with zero attached hydrogens (tertiary/aromatic N) is 2. The van der Waals surface area contributed by atoms with Gasteiger partial charge in [-0.25, -0.2) is 9.59 Å². The highest BCUT2D eigenvalue weighted by Gasteiger charge is 2.44. The van der Waals surface area contributed by atoms with Gasteiger partial charge in [0.25, 0.3) is 5.91 Å². The van der Waals surface area contributed by atoms with Gasteiger partial charge in [0.15, 0.2) is 5.78 Å². The number of Topliss-reactive ketones (excluding diaryl/α,β-unsaturated/α-hetero) is 1. The lowest BCUT2D eigenvalue weighted by molar-refractivity contribution is -0.126. The van der Waals surface area contributed by atoms with E-state index in [2.05, 4.69) is 4.98 Å². The molecule has 1 atom stereocenters. The average Bonchev–Trinajstić information content (AvgIpc) is 3.11. The number of amides is 3. The third kappa shape index (κ3) is 3.60. The van der Waals surface area contributed by atoms with E-state index in [4.69, 9.17) is 4.74 Å². The molecule has 3 amide bonds. The molecule has 3 rings (SSSR count). The number of hydrogen-bond donors (Lipinski definition) is 1. The zero-order valence-electron chi connectivity index (χ0n) is 17.7. The van der Waals surface area contributed by atoms with Crippen molar-refractivity contribution in [3.63, 3.8) is 0 Å². The topological polar surface area (TPSA) is 99.8 Å². The predicted molar refractivity (Wildman–Crippen MR) is 111 cm³/mol. The number of ether oxygens (including phenoxy) is 1. The summed E-state index contributed by atoms with van der Waals surface area (Å²) in [6.45, 7) is 8.38. The molecule has 2 heterocycles. The van der Waals surface area contributed by atoms with Crippen LogP contribution in [0.15, 0.2) is 24.3 Å². The number of urea groups is 1. The van der Waals surface area contributed by atoms with Crippen molar-refractivity contribution < 1.29 is 23.9 Å². The second-order valence-corrected chi connectivity index (χ2v) is 7.36. The van der Waals surface area contributed by atoms with Gasteiger partial charge in [0, 0.05) is 11.4 Å². The van der Waals surface area contributed by atoms with Gasteiger partial charge in [-0.2, -0.15) is 0 Å². The van der Waals surface area contributed by atoms with Gasteiger partial charge in [-0.3, -0.25) is 19.4 Å². The number of aryl methyl sites for hydroxylation is 2. The third-order valence-corrected chi connectivity index (χ3v) is 5.26. The Morgan fingerprint density at radius 2 is 1.73 bits per heavy atom. The smallest absolute Gasteiger partial charge is 0.340 e. The van der Waals surface area contributed by atoms with Gasteiger partial charge in [0.05, 0.1) is 24.4 Å². The highest BCUT2D eigenvalue weighted by atomic mass is 16.5. The number of nitrogens with one attached hydrogen (secondary N) is 1. The van der Waals surface area contributed by atoms with Crippen LogP contribution in [0.2, 0.25) is 0 Å². The number of imide groups is 1. The predicted octanol–water partition coefficient (Wildman–Crippen LogP) is 3.16. The van der Waals surface area contributed by atoms with Crippen LogP contribution in [0.3, 0.4) is 0 Å². The first-order valence-electron chi connectivity index (χ1n) is 9.78. The Bertz CT molecular complexity index is 1020. The SMILES string of the molecule is CCOC(=O)c1c(C)[nH]c(C(=O)CN2C(=O)[C@H](C)N(c3ccc(C)cc3)C2=O)c1C. The summed E-state index contributed by atoms with van der Waals surface area (Å²) in [6, 6.07) is 6.00. The molecule has 1 saturated heterocycles. The first-order chi connectivity index (χ1) is 14.2. The van der Waals surface area contributed by atoms with E-state index >= 15 is 0 Å². The number of benzene rings is 1. The molecule has 1 aliphatic rings. The molecule has 2 aromatic rings. The molecule has 0 radical (unpaired) electrons. The summed E-state index contributed by atoms with van der Waals surface area (Å²) in [4.78, 5) is 55.9. The lowest BCUT2D eigenvalue weighted by Gasteiger charge is -2.19. The maximum absolute atomic E-state index is 12.9. The zero-order valence-corrected chi connectivity index (χ0v) is 17.7. The maximum Gasteiger partial charge on any atom is 0.340 e. The monoisotopic (exact) mass is 411 g/mol. The second-order valence-electron chi connectivity index (χ2n) is 7.36. The Balaban J connectivity index is 1.84. The molecule has 30 heavy (non-hydrogen) atoms. The minimum Gasteiger partial charge on any atom is -0.462 e. The standard InChI is InChI=1S/C22H25N3O5/c1-6-30-21(28)18-13(3)19(23-14(18)4)17(26)11-24-20(27)15(5)25(22(24)29)16-9-7-12(2)8-10-16/h7-10,15,23H,6,11H2,1-5H3/t15-/m0/s1. The quantitative estimate of drug-likeness (QED) is 0.447. The number of hydrogen-bond acceptors (Lipinski definition) is 5. The Labute approximate surface area is 174 Å². The molecule has 1 N–H and O–H groups in total. The summed E-state index contributed by atoms with van der Waals surface area (Å²) in [7, 11) is 0. The highest BCUT2D eigenvalue weighted by Crippen LogP contribution is 2.27. The summed E-state index contributed by atoms with van der Waals surface area (Å²) in [6.07, 6.45) is 0. The van der Waals surface area contributed by atoms with Crippen LogP contribution in [-0.4, -0.2) is 52.8 Å². The number of carbonyl (C=O) groups excluding carboxylic acids is 4. The minimum absolute atomic E-state index is 0.192. The number of carbonyl (C=O) groups is 4. The Kier molecular flexibility index (Phi) is 5.78. The number of aromatic nitrogens is 1. The fraction of sp³-hybridized carbons (Fsp3) is 0.364. The van der Waals surface area contributed by atoms with E-state index in [0.29, 0.717) is 22.5 Å². The van der Waals surface area contributed by atoms with Crippen LogP contribution in [0.4, 0.5) is 10.5 Å². The van der Waals surface area contributed by atoms with Gasteiger partial charge in [0.2, 0.25) is 0 Å². The molecule has 1 aromatic heterocycles. The first-order valence-corrected chi connectivity index (χ1v) is 9.78. The summed E-state index contributed by atoms with van der Waals surface area (Å²) in [5.74, 6) is -1.42. The fourth-order valence-corrected chi connectivity index (χ4v) is 3.67. The summed E-state index contributed by atoms with van der Waals surface area (Å²) >= 11 is 0. The third-order valence-electron chi connectivity index (χ3n) is 5.26. The molecular formula is C22H25N3O5. The molecule has 158 valence electrons. The van der Waals surface area contributed by atoms with E-state index in [1.165, 1.54) is 4.90 Å². The highest BCUT2D eigenvalue weighted by molar-refractivity contribution is 6.16. The molecule has 8 nitrogen and oxygen atoms in total. The van der Waals surface area contributed by atoms with Gasteiger partial charge >= 0.3 is 12.0 Å². The maximum atomic E-state index is 12.9. The number of ketones is 1. The van der Waals surface area contributed by atoms with E-state index in [9.17, 15) is 19.2 Å². The molecule has 1 fully saturated rings. The van der Waals surface area contributed by atoms with Crippen LogP contribution >= 0.6 is 0 Å². The minimum atomic E-state index is -0.713. The van der Waals surface area contributed by atoms with E-state index in [1.54, 1.807) is 39.8 Å². The van der Waals surface area contributed by atoms with Crippen LogP contribution in [0.1, 0.15) is 51.5 Å². The Morgan fingerprint density at radius 3 is 2.33 bits per heavy atom. The molecular weight excluding hydrogens is 386 g/mol. The molecule has 0 unspecified atom stereocenters. The van der Waals surface area contributed by atoms with Crippen molar-refractivity contribution in [1.29, 1.82) is 0 Å². The number of rotatable bonds is 6. The molecule has 0 saturated carbocycles. The normalized spacial score (nSPS) is 16.4. The summed E-state index contributed by atoms with van der Waals surface area (Å²) < 4.78 is 5.04. The number of aromatic amines is 1. The van der Waals surface area contributed by atoms with Crippen molar-refractivity contribution in [1.82, 2.24) is 9.88 Å². The Morgan fingerprint density at radius 1 is 1.10 bits per heavy atom. The summed E-state index contributed by atoms with van der Waals surface area (Å²) in [5.41, 5.74) is 3.07. The molecule has 8 heteroatoms. The van der Waals surface area contributed by atoms with Gasteiger partial charge in [-0.1, -0.05) is 17.7 Å².